The molecule has 0 fully saturated rings. The number of nitrogens with one attached hydrogen (secondary N) is 1. The first kappa shape index (κ1) is 15.3. The van der Waals surface area contributed by atoms with Gasteiger partial charge in [-0.2, -0.15) is 0 Å². The van der Waals surface area contributed by atoms with Crippen molar-refractivity contribution < 1.29 is 4.79 Å². The number of benzene rings is 1. The van der Waals surface area contributed by atoms with Gasteiger partial charge in [0.1, 0.15) is 5.15 Å². The van der Waals surface area contributed by atoms with Crippen molar-refractivity contribution in [1.29, 1.82) is 0 Å². The topological polar surface area (TPSA) is 42.0 Å². The van der Waals surface area contributed by atoms with E-state index in [1.807, 2.05) is 38.1 Å². The first-order valence-corrected chi connectivity index (χ1v) is 7.66. The Balaban J connectivity index is 2.25. The fourth-order valence-corrected chi connectivity index (χ4v) is 2.47. The predicted molar refractivity (Wildman–Crippen MR) is 90.4 cm³/mol. The van der Waals surface area contributed by atoms with Crippen molar-refractivity contribution in [2.75, 3.05) is 5.32 Å². The van der Waals surface area contributed by atoms with Gasteiger partial charge in [-0.3, -0.25) is 4.79 Å². The van der Waals surface area contributed by atoms with Crippen LogP contribution in [0.4, 0.5) is 5.69 Å². The summed E-state index contributed by atoms with van der Waals surface area (Å²) in [5.74, 6) is 0.0381. The smallest absolute Gasteiger partial charge is 0.255 e. The Morgan fingerprint density at radius 2 is 2.05 bits per heavy atom. The van der Waals surface area contributed by atoms with Crippen LogP contribution >= 0.6 is 34.2 Å². The number of nitrogens with zero attached hydrogens (tertiary/aromatic N) is 1. The Morgan fingerprint density at radius 1 is 1.30 bits per heavy atom. The van der Waals surface area contributed by atoms with Crippen molar-refractivity contribution >= 4 is 45.8 Å². The second kappa shape index (κ2) is 6.54. The number of hydrogen-bond acceptors (Lipinski definition) is 2. The molecule has 2 aromatic rings. The van der Waals surface area contributed by atoms with Gasteiger partial charge in [0.05, 0.1) is 0 Å². The van der Waals surface area contributed by atoms with Gasteiger partial charge in [-0.25, -0.2) is 4.98 Å². The third kappa shape index (κ3) is 3.93. The fourth-order valence-electron chi connectivity index (χ4n) is 1.71. The van der Waals surface area contributed by atoms with Crippen molar-refractivity contribution in [3.05, 3.63) is 56.4 Å². The Morgan fingerprint density at radius 3 is 2.70 bits per heavy atom. The van der Waals surface area contributed by atoms with Crippen LogP contribution in [0.25, 0.3) is 0 Å². The van der Waals surface area contributed by atoms with Gasteiger partial charge in [0, 0.05) is 20.5 Å². The number of anilines is 1. The molecule has 20 heavy (non-hydrogen) atoms. The molecule has 0 aliphatic rings. The van der Waals surface area contributed by atoms with Crippen molar-refractivity contribution in [3.63, 3.8) is 0 Å². The standard InChI is InChI=1S/C15H14ClIN2O/c1-9(2)13-6-10(7-14(16)19-13)15(20)18-12-5-3-4-11(17)8-12/h3-9H,1-2H3,(H,18,20). The minimum Gasteiger partial charge on any atom is -0.322 e. The van der Waals surface area contributed by atoms with Gasteiger partial charge in [0.15, 0.2) is 0 Å². The lowest BCUT2D eigenvalue weighted by molar-refractivity contribution is 0.102. The molecule has 0 saturated heterocycles. The van der Waals surface area contributed by atoms with Gasteiger partial charge < -0.3 is 5.32 Å². The molecular formula is C15H14ClIN2O. The number of rotatable bonds is 3. The molecule has 0 saturated carbocycles. The zero-order valence-electron chi connectivity index (χ0n) is 11.2. The zero-order chi connectivity index (χ0) is 14.7. The van der Waals surface area contributed by atoms with Crippen LogP contribution < -0.4 is 5.32 Å². The van der Waals surface area contributed by atoms with E-state index in [2.05, 4.69) is 32.9 Å². The van der Waals surface area contributed by atoms with Crippen LogP contribution in [0.1, 0.15) is 35.8 Å². The highest BCUT2D eigenvalue weighted by molar-refractivity contribution is 14.1. The first-order valence-electron chi connectivity index (χ1n) is 6.20. The summed E-state index contributed by atoms with van der Waals surface area (Å²) in [5, 5.41) is 3.20. The lowest BCUT2D eigenvalue weighted by Crippen LogP contribution is -2.13. The summed E-state index contributed by atoms with van der Waals surface area (Å²) in [4.78, 5) is 16.5. The van der Waals surface area contributed by atoms with Gasteiger partial charge in [0.25, 0.3) is 5.91 Å². The molecule has 0 bridgehead atoms. The molecule has 104 valence electrons. The van der Waals surface area contributed by atoms with Gasteiger partial charge in [-0.15, -0.1) is 0 Å². The zero-order valence-corrected chi connectivity index (χ0v) is 14.1. The van der Waals surface area contributed by atoms with E-state index in [9.17, 15) is 4.79 Å². The third-order valence-electron chi connectivity index (χ3n) is 2.75. The Hall–Kier alpha value is -1.14. The summed E-state index contributed by atoms with van der Waals surface area (Å²) in [6, 6.07) is 11.0. The molecule has 5 heteroatoms. The molecule has 1 heterocycles. The molecule has 0 atom stereocenters. The van der Waals surface area contributed by atoms with E-state index in [1.165, 1.54) is 0 Å². The highest BCUT2D eigenvalue weighted by atomic mass is 127. The van der Waals surface area contributed by atoms with Gasteiger partial charge >= 0.3 is 0 Å². The maximum atomic E-state index is 12.3. The SMILES string of the molecule is CC(C)c1cc(C(=O)Nc2cccc(I)c2)cc(Cl)n1. The highest BCUT2D eigenvalue weighted by Gasteiger charge is 2.11. The van der Waals surface area contributed by atoms with E-state index >= 15 is 0 Å². The average molecular weight is 401 g/mol. The van der Waals surface area contributed by atoms with Gasteiger partial charge in [-0.1, -0.05) is 31.5 Å². The van der Waals surface area contributed by atoms with E-state index in [0.717, 1.165) is 15.0 Å². The van der Waals surface area contributed by atoms with Crippen LogP contribution in [0.15, 0.2) is 36.4 Å². The average Bonchev–Trinajstić information content (AvgIpc) is 2.37. The van der Waals surface area contributed by atoms with Crippen LogP contribution in [0.3, 0.4) is 0 Å². The second-order valence-electron chi connectivity index (χ2n) is 4.72. The van der Waals surface area contributed by atoms with Crippen LogP contribution in [0.5, 0.6) is 0 Å². The van der Waals surface area contributed by atoms with E-state index in [0.29, 0.717) is 10.7 Å². The minimum absolute atomic E-state index is 0.182. The van der Waals surface area contributed by atoms with Gasteiger partial charge in [-0.05, 0) is 58.8 Å². The molecule has 3 nitrogen and oxygen atoms in total. The van der Waals surface area contributed by atoms with E-state index in [1.54, 1.807) is 12.1 Å². The Kier molecular flexibility index (Phi) is 4.99. The highest BCUT2D eigenvalue weighted by Crippen LogP contribution is 2.19. The number of aromatic nitrogens is 1. The number of pyridine rings is 1. The lowest BCUT2D eigenvalue weighted by atomic mass is 10.1. The normalized spacial score (nSPS) is 10.7. The summed E-state index contributed by atoms with van der Waals surface area (Å²) < 4.78 is 1.07. The monoisotopic (exact) mass is 400 g/mol. The summed E-state index contributed by atoms with van der Waals surface area (Å²) in [6.45, 7) is 4.03. The maximum absolute atomic E-state index is 12.3. The number of hydrogen-bond donors (Lipinski definition) is 1. The quantitative estimate of drug-likeness (QED) is 0.598. The van der Waals surface area contributed by atoms with Crippen molar-refractivity contribution in [2.45, 2.75) is 19.8 Å². The third-order valence-corrected chi connectivity index (χ3v) is 3.61. The Labute approximate surface area is 136 Å². The predicted octanol–water partition coefficient (Wildman–Crippen LogP) is 4.72. The molecule has 1 aromatic heterocycles. The molecule has 0 unspecified atom stereocenters. The summed E-state index contributed by atoms with van der Waals surface area (Å²) in [6.07, 6.45) is 0. The molecular weight excluding hydrogens is 387 g/mol. The lowest BCUT2D eigenvalue weighted by Gasteiger charge is -2.09. The van der Waals surface area contributed by atoms with E-state index in [4.69, 9.17) is 11.6 Å². The van der Waals surface area contributed by atoms with Gasteiger partial charge in [0.2, 0.25) is 0 Å². The van der Waals surface area contributed by atoms with Crippen molar-refractivity contribution in [1.82, 2.24) is 4.98 Å². The Bertz CT molecular complexity index is 644. The molecule has 0 aliphatic carbocycles. The summed E-state index contributed by atoms with van der Waals surface area (Å²) in [7, 11) is 0. The first-order chi connectivity index (χ1) is 9.45. The summed E-state index contributed by atoms with van der Waals surface area (Å²) in [5.41, 5.74) is 2.10. The number of carbonyl (C=O) groups excluding carboxylic acids is 1. The fraction of sp³-hybridized carbons (Fsp3) is 0.200. The number of amides is 1. The molecule has 0 spiro atoms. The molecule has 0 aliphatic heterocycles. The number of carbonyl (C=O) groups is 1. The number of halogens is 2. The van der Waals surface area contributed by atoms with E-state index < -0.39 is 0 Å². The molecule has 0 radical (unpaired) electrons. The summed E-state index contributed by atoms with van der Waals surface area (Å²) >= 11 is 8.18. The van der Waals surface area contributed by atoms with Crippen LogP contribution in [-0.2, 0) is 0 Å². The second-order valence-corrected chi connectivity index (χ2v) is 6.36. The van der Waals surface area contributed by atoms with Crippen LogP contribution in [0.2, 0.25) is 5.15 Å². The molecule has 2 rings (SSSR count). The molecule has 1 aromatic carbocycles. The largest absolute Gasteiger partial charge is 0.322 e. The van der Waals surface area contributed by atoms with Crippen LogP contribution in [0, 0.1) is 3.57 Å². The molecule has 1 amide bonds. The maximum Gasteiger partial charge on any atom is 0.255 e. The van der Waals surface area contributed by atoms with E-state index in [-0.39, 0.29) is 11.8 Å². The molecule has 1 N–H and O–H groups in total. The van der Waals surface area contributed by atoms with Crippen molar-refractivity contribution in [2.24, 2.45) is 0 Å². The van der Waals surface area contributed by atoms with Crippen molar-refractivity contribution in [3.8, 4) is 0 Å². The minimum atomic E-state index is -0.182. The van der Waals surface area contributed by atoms with Crippen LogP contribution in [-0.4, -0.2) is 10.9 Å².